The van der Waals surface area contributed by atoms with Crippen LogP contribution in [0.3, 0.4) is 0 Å². The molecule has 2 N–H and O–H groups in total. The Balaban J connectivity index is 2.67. The van der Waals surface area contributed by atoms with Gasteiger partial charge >= 0.3 is 0 Å². The van der Waals surface area contributed by atoms with Crippen molar-refractivity contribution in [2.24, 2.45) is 5.73 Å². The van der Waals surface area contributed by atoms with E-state index < -0.39 is 0 Å². The van der Waals surface area contributed by atoms with Crippen LogP contribution in [0, 0.1) is 6.92 Å². The van der Waals surface area contributed by atoms with E-state index in [0.717, 1.165) is 4.88 Å². The second-order valence-electron chi connectivity index (χ2n) is 2.23. The van der Waals surface area contributed by atoms with E-state index in [4.69, 9.17) is 5.73 Å². The van der Waals surface area contributed by atoms with Crippen LogP contribution >= 0.6 is 11.3 Å². The van der Waals surface area contributed by atoms with Crippen molar-refractivity contribution in [2.75, 3.05) is 0 Å². The average Bonchev–Trinajstić information content (AvgIpc) is 2.13. The van der Waals surface area contributed by atoms with E-state index in [1.54, 1.807) is 11.3 Å². The largest absolute Gasteiger partial charge is 0.369 e. The molecule has 0 fully saturated rings. The number of aryl methyl sites for hydroxylation is 1. The minimum atomic E-state index is -0.262. The van der Waals surface area contributed by atoms with Crippen molar-refractivity contribution in [2.45, 2.75) is 13.3 Å². The number of carbonyl (C=O) groups excluding carboxylic acids is 1. The van der Waals surface area contributed by atoms with E-state index in [1.165, 1.54) is 5.56 Å². The maximum absolute atomic E-state index is 10.4. The summed E-state index contributed by atoms with van der Waals surface area (Å²) in [5, 5.41) is 2.01. The van der Waals surface area contributed by atoms with E-state index in [-0.39, 0.29) is 5.91 Å². The summed E-state index contributed by atoms with van der Waals surface area (Å²) >= 11 is 1.58. The number of carbonyl (C=O) groups is 1. The van der Waals surface area contributed by atoms with Crippen molar-refractivity contribution in [1.82, 2.24) is 0 Å². The minimum Gasteiger partial charge on any atom is -0.369 e. The first-order valence-electron chi connectivity index (χ1n) is 3.01. The van der Waals surface area contributed by atoms with Gasteiger partial charge in [-0.15, -0.1) is 11.3 Å². The molecular formula is C7H9NOS. The van der Waals surface area contributed by atoms with Crippen LogP contribution in [-0.4, -0.2) is 5.91 Å². The summed E-state index contributed by atoms with van der Waals surface area (Å²) < 4.78 is 0. The number of hydrogen-bond acceptors (Lipinski definition) is 2. The third-order valence-electron chi connectivity index (χ3n) is 1.13. The molecule has 0 saturated heterocycles. The first-order valence-corrected chi connectivity index (χ1v) is 3.89. The SMILES string of the molecule is Cc1csc(CC(N)=O)c1. The normalized spacial score (nSPS) is 9.70. The summed E-state index contributed by atoms with van der Waals surface area (Å²) in [4.78, 5) is 11.5. The lowest BCUT2D eigenvalue weighted by Gasteiger charge is -1.87. The van der Waals surface area contributed by atoms with Gasteiger partial charge in [0.1, 0.15) is 0 Å². The maximum Gasteiger partial charge on any atom is 0.222 e. The smallest absolute Gasteiger partial charge is 0.222 e. The third kappa shape index (κ3) is 1.84. The van der Waals surface area contributed by atoms with Gasteiger partial charge in [-0.3, -0.25) is 4.79 Å². The van der Waals surface area contributed by atoms with Gasteiger partial charge in [0.05, 0.1) is 6.42 Å². The van der Waals surface area contributed by atoms with E-state index in [0.29, 0.717) is 6.42 Å². The highest BCUT2D eigenvalue weighted by Crippen LogP contribution is 2.13. The average molecular weight is 155 g/mol. The molecule has 1 rings (SSSR count). The lowest BCUT2D eigenvalue weighted by atomic mass is 10.3. The number of rotatable bonds is 2. The van der Waals surface area contributed by atoms with Gasteiger partial charge in [0, 0.05) is 4.88 Å². The topological polar surface area (TPSA) is 43.1 Å². The molecule has 0 bridgehead atoms. The molecule has 0 aromatic carbocycles. The molecule has 1 heterocycles. The molecule has 3 heteroatoms. The number of hydrogen-bond donors (Lipinski definition) is 1. The Labute approximate surface area is 63.7 Å². The van der Waals surface area contributed by atoms with Gasteiger partial charge < -0.3 is 5.73 Å². The molecule has 0 aliphatic heterocycles. The summed E-state index contributed by atoms with van der Waals surface area (Å²) in [6.45, 7) is 2.00. The van der Waals surface area contributed by atoms with Gasteiger partial charge in [0.2, 0.25) is 5.91 Å². The van der Waals surface area contributed by atoms with Crippen molar-refractivity contribution in [3.05, 3.63) is 21.9 Å². The highest BCUT2D eigenvalue weighted by atomic mass is 32.1. The second-order valence-corrected chi connectivity index (χ2v) is 3.23. The molecule has 0 unspecified atom stereocenters. The van der Waals surface area contributed by atoms with Gasteiger partial charge in [0.25, 0.3) is 0 Å². The van der Waals surface area contributed by atoms with Crippen molar-refractivity contribution in [1.29, 1.82) is 0 Å². The number of primary amides is 1. The number of nitrogens with two attached hydrogens (primary N) is 1. The molecular weight excluding hydrogens is 146 g/mol. The summed E-state index contributed by atoms with van der Waals surface area (Å²) in [5.41, 5.74) is 6.20. The predicted octanol–water partition coefficient (Wildman–Crippen LogP) is 1.08. The van der Waals surface area contributed by atoms with Gasteiger partial charge in [-0.2, -0.15) is 0 Å². The highest BCUT2D eigenvalue weighted by molar-refractivity contribution is 7.10. The van der Waals surface area contributed by atoms with Crippen LogP contribution in [-0.2, 0) is 11.2 Å². The Morgan fingerprint density at radius 2 is 2.50 bits per heavy atom. The van der Waals surface area contributed by atoms with E-state index in [2.05, 4.69) is 0 Å². The van der Waals surface area contributed by atoms with Crippen molar-refractivity contribution < 1.29 is 4.79 Å². The first-order chi connectivity index (χ1) is 4.68. The third-order valence-corrected chi connectivity index (χ3v) is 2.19. The Morgan fingerprint density at radius 1 is 1.80 bits per heavy atom. The zero-order valence-electron chi connectivity index (χ0n) is 5.76. The molecule has 0 radical (unpaired) electrons. The van der Waals surface area contributed by atoms with Crippen LogP contribution in [0.5, 0.6) is 0 Å². The second kappa shape index (κ2) is 2.84. The van der Waals surface area contributed by atoms with E-state index in [9.17, 15) is 4.79 Å². The van der Waals surface area contributed by atoms with Crippen LogP contribution in [0.15, 0.2) is 11.4 Å². The maximum atomic E-state index is 10.4. The quantitative estimate of drug-likeness (QED) is 0.682. The van der Waals surface area contributed by atoms with E-state index in [1.807, 2.05) is 18.4 Å². The predicted molar refractivity (Wildman–Crippen MR) is 42.0 cm³/mol. The lowest BCUT2D eigenvalue weighted by Crippen LogP contribution is -2.12. The molecule has 0 aliphatic rings. The van der Waals surface area contributed by atoms with Crippen molar-refractivity contribution >= 4 is 17.2 Å². The molecule has 0 spiro atoms. The monoisotopic (exact) mass is 155 g/mol. The zero-order chi connectivity index (χ0) is 7.56. The van der Waals surface area contributed by atoms with Crippen LogP contribution in [0.1, 0.15) is 10.4 Å². The Kier molecular flexibility index (Phi) is 2.06. The highest BCUT2D eigenvalue weighted by Gasteiger charge is 1.99. The van der Waals surface area contributed by atoms with Crippen LogP contribution in [0.2, 0.25) is 0 Å². The lowest BCUT2D eigenvalue weighted by molar-refractivity contribution is -0.117. The molecule has 1 amide bonds. The van der Waals surface area contributed by atoms with E-state index >= 15 is 0 Å². The molecule has 2 nitrogen and oxygen atoms in total. The molecule has 10 heavy (non-hydrogen) atoms. The standard InChI is InChI=1S/C7H9NOS/c1-5-2-6(10-4-5)3-7(8)9/h2,4H,3H2,1H3,(H2,8,9). The Bertz CT molecular complexity index is 242. The summed E-state index contributed by atoms with van der Waals surface area (Å²) in [6, 6.07) is 1.98. The van der Waals surface area contributed by atoms with Crippen LogP contribution < -0.4 is 5.73 Å². The van der Waals surface area contributed by atoms with Crippen LogP contribution in [0.25, 0.3) is 0 Å². The Hall–Kier alpha value is -0.830. The van der Waals surface area contributed by atoms with Crippen molar-refractivity contribution in [3.63, 3.8) is 0 Å². The summed E-state index contributed by atoms with van der Waals surface area (Å²) in [7, 11) is 0. The van der Waals surface area contributed by atoms with Crippen molar-refractivity contribution in [3.8, 4) is 0 Å². The fraction of sp³-hybridized carbons (Fsp3) is 0.286. The summed E-state index contributed by atoms with van der Waals surface area (Å²) in [5.74, 6) is -0.262. The molecule has 1 aromatic rings. The van der Waals surface area contributed by atoms with Gasteiger partial charge in [-0.25, -0.2) is 0 Å². The minimum absolute atomic E-state index is 0.262. The zero-order valence-corrected chi connectivity index (χ0v) is 6.57. The molecule has 0 aliphatic carbocycles. The summed E-state index contributed by atoms with van der Waals surface area (Å²) in [6.07, 6.45) is 0.374. The Morgan fingerprint density at radius 3 is 2.90 bits per heavy atom. The molecule has 54 valence electrons. The van der Waals surface area contributed by atoms with Gasteiger partial charge in [0.15, 0.2) is 0 Å². The molecule has 0 atom stereocenters. The van der Waals surface area contributed by atoms with Crippen LogP contribution in [0.4, 0.5) is 0 Å². The number of amides is 1. The first kappa shape index (κ1) is 7.28. The number of thiophene rings is 1. The molecule has 1 aromatic heterocycles. The molecule has 0 saturated carbocycles. The van der Waals surface area contributed by atoms with Gasteiger partial charge in [-0.05, 0) is 23.9 Å². The fourth-order valence-electron chi connectivity index (χ4n) is 0.755. The fourth-order valence-corrected chi connectivity index (χ4v) is 1.64. The van der Waals surface area contributed by atoms with Gasteiger partial charge in [-0.1, -0.05) is 0 Å².